The summed E-state index contributed by atoms with van der Waals surface area (Å²) in [5.74, 6) is -0.289. The fourth-order valence-corrected chi connectivity index (χ4v) is 3.24. The maximum Gasteiger partial charge on any atom is 0.132 e. The van der Waals surface area contributed by atoms with Gasteiger partial charge in [-0.05, 0) is 41.4 Å². The van der Waals surface area contributed by atoms with Gasteiger partial charge in [0, 0.05) is 24.2 Å². The van der Waals surface area contributed by atoms with E-state index in [1.807, 2.05) is 16.8 Å². The van der Waals surface area contributed by atoms with Crippen molar-refractivity contribution in [3.8, 4) is 11.3 Å². The number of benzene rings is 1. The Morgan fingerprint density at radius 1 is 1.35 bits per heavy atom. The summed E-state index contributed by atoms with van der Waals surface area (Å²) in [6, 6.07) is 8.50. The molecule has 1 atom stereocenters. The van der Waals surface area contributed by atoms with E-state index in [4.69, 9.17) is 0 Å². The normalized spacial score (nSPS) is 13.9. The molecule has 0 saturated heterocycles. The van der Waals surface area contributed by atoms with Crippen molar-refractivity contribution in [3.63, 3.8) is 0 Å². The van der Waals surface area contributed by atoms with E-state index in [1.165, 1.54) is 6.07 Å². The van der Waals surface area contributed by atoms with E-state index in [2.05, 4.69) is 15.5 Å². The quantitative estimate of drug-likeness (QED) is 0.650. The van der Waals surface area contributed by atoms with Crippen molar-refractivity contribution in [1.29, 1.82) is 0 Å². The zero-order chi connectivity index (χ0) is 16.3. The van der Waals surface area contributed by atoms with Crippen LogP contribution in [-0.2, 0) is 12.1 Å². The standard InChI is InChI=1S/C17H18FN3OS/c1-17(22,13-6-7-23-10-13)11-19-8-12-9-20-21-16(12)14-4-2-3-5-15(14)18/h2-7,9-10,19,22H,8,11H2,1H3,(H,20,21). The molecule has 120 valence electrons. The van der Waals surface area contributed by atoms with Crippen molar-refractivity contribution in [2.24, 2.45) is 0 Å². The molecule has 2 aromatic heterocycles. The van der Waals surface area contributed by atoms with Gasteiger partial charge in [-0.1, -0.05) is 12.1 Å². The molecule has 0 amide bonds. The lowest BCUT2D eigenvalue weighted by Gasteiger charge is -2.23. The second-order valence-electron chi connectivity index (χ2n) is 5.64. The second kappa shape index (κ2) is 6.62. The van der Waals surface area contributed by atoms with Gasteiger partial charge in [-0.3, -0.25) is 5.10 Å². The molecule has 23 heavy (non-hydrogen) atoms. The summed E-state index contributed by atoms with van der Waals surface area (Å²) < 4.78 is 13.9. The second-order valence-corrected chi connectivity index (χ2v) is 6.42. The highest BCUT2D eigenvalue weighted by molar-refractivity contribution is 7.08. The fourth-order valence-electron chi connectivity index (χ4n) is 2.46. The highest BCUT2D eigenvalue weighted by Crippen LogP contribution is 2.25. The Hall–Kier alpha value is -2.02. The Morgan fingerprint density at radius 3 is 2.91 bits per heavy atom. The summed E-state index contributed by atoms with van der Waals surface area (Å²) >= 11 is 1.55. The van der Waals surface area contributed by atoms with Gasteiger partial charge in [0.15, 0.2) is 0 Å². The van der Waals surface area contributed by atoms with Gasteiger partial charge in [0.2, 0.25) is 0 Å². The van der Waals surface area contributed by atoms with Gasteiger partial charge in [0.1, 0.15) is 5.82 Å². The summed E-state index contributed by atoms with van der Waals surface area (Å²) in [6.45, 7) is 2.65. The van der Waals surface area contributed by atoms with Crippen LogP contribution in [0, 0.1) is 5.82 Å². The van der Waals surface area contributed by atoms with Gasteiger partial charge in [-0.25, -0.2) is 4.39 Å². The summed E-state index contributed by atoms with van der Waals surface area (Å²) in [6.07, 6.45) is 1.67. The van der Waals surface area contributed by atoms with Crippen LogP contribution < -0.4 is 5.32 Å². The molecular formula is C17H18FN3OS. The lowest BCUT2D eigenvalue weighted by Crippen LogP contribution is -2.34. The van der Waals surface area contributed by atoms with Crippen LogP contribution in [0.4, 0.5) is 4.39 Å². The minimum absolute atomic E-state index is 0.289. The molecule has 3 aromatic rings. The van der Waals surface area contributed by atoms with Gasteiger partial charge >= 0.3 is 0 Å². The Morgan fingerprint density at radius 2 is 2.17 bits per heavy atom. The van der Waals surface area contributed by atoms with Crippen molar-refractivity contribution in [2.75, 3.05) is 6.54 Å². The SMILES string of the molecule is CC(O)(CNCc1cn[nH]c1-c1ccccc1F)c1ccsc1. The number of halogens is 1. The number of hydrogen-bond donors (Lipinski definition) is 3. The Kier molecular flexibility index (Phi) is 4.56. The molecule has 4 nitrogen and oxygen atoms in total. The molecule has 0 aliphatic rings. The third-order valence-electron chi connectivity index (χ3n) is 3.79. The van der Waals surface area contributed by atoms with Crippen LogP contribution in [0.3, 0.4) is 0 Å². The molecule has 0 spiro atoms. The van der Waals surface area contributed by atoms with E-state index in [0.29, 0.717) is 24.3 Å². The first-order valence-electron chi connectivity index (χ1n) is 7.31. The van der Waals surface area contributed by atoms with Crippen molar-refractivity contribution in [3.05, 3.63) is 64.2 Å². The van der Waals surface area contributed by atoms with Crippen LogP contribution in [0.5, 0.6) is 0 Å². The molecule has 0 saturated carbocycles. The topological polar surface area (TPSA) is 60.9 Å². The molecule has 0 radical (unpaired) electrons. The van der Waals surface area contributed by atoms with Gasteiger partial charge < -0.3 is 10.4 Å². The van der Waals surface area contributed by atoms with Crippen LogP contribution in [0.2, 0.25) is 0 Å². The van der Waals surface area contributed by atoms with Crippen LogP contribution in [-0.4, -0.2) is 21.8 Å². The molecule has 1 aromatic carbocycles. The van der Waals surface area contributed by atoms with Gasteiger partial charge in [0.25, 0.3) is 0 Å². The molecule has 3 N–H and O–H groups in total. The molecule has 0 aliphatic heterocycles. The van der Waals surface area contributed by atoms with Gasteiger partial charge in [0.05, 0.1) is 17.5 Å². The number of hydrogen-bond acceptors (Lipinski definition) is 4. The Balaban J connectivity index is 1.69. The van der Waals surface area contributed by atoms with Crippen molar-refractivity contribution in [1.82, 2.24) is 15.5 Å². The highest BCUT2D eigenvalue weighted by Gasteiger charge is 2.23. The smallest absolute Gasteiger partial charge is 0.132 e. The maximum atomic E-state index is 13.9. The Bertz CT molecular complexity index is 768. The number of nitrogens with zero attached hydrogens (tertiary/aromatic N) is 1. The first-order valence-corrected chi connectivity index (χ1v) is 8.25. The number of aliphatic hydroxyl groups is 1. The number of nitrogens with one attached hydrogen (secondary N) is 2. The average Bonchev–Trinajstić information content (AvgIpc) is 3.19. The number of thiophene rings is 1. The van der Waals surface area contributed by atoms with Crippen LogP contribution in [0.1, 0.15) is 18.1 Å². The summed E-state index contributed by atoms with van der Waals surface area (Å²) in [5, 5.41) is 24.4. The lowest BCUT2D eigenvalue weighted by molar-refractivity contribution is 0.0571. The molecular weight excluding hydrogens is 313 g/mol. The zero-order valence-electron chi connectivity index (χ0n) is 12.7. The number of rotatable bonds is 6. The minimum Gasteiger partial charge on any atom is -0.384 e. The predicted octanol–water partition coefficient (Wildman–Crippen LogP) is 3.27. The predicted molar refractivity (Wildman–Crippen MR) is 89.6 cm³/mol. The molecule has 0 aliphatic carbocycles. The zero-order valence-corrected chi connectivity index (χ0v) is 13.5. The summed E-state index contributed by atoms with van der Waals surface area (Å²) in [5.41, 5.74) is 1.95. The summed E-state index contributed by atoms with van der Waals surface area (Å²) in [4.78, 5) is 0. The van der Waals surface area contributed by atoms with Crippen molar-refractivity contribution < 1.29 is 9.50 Å². The lowest BCUT2D eigenvalue weighted by atomic mass is 9.99. The number of H-pyrrole nitrogens is 1. The minimum atomic E-state index is -0.943. The number of aromatic amines is 1. The van der Waals surface area contributed by atoms with Crippen LogP contribution >= 0.6 is 11.3 Å². The van der Waals surface area contributed by atoms with E-state index < -0.39 is 5.60 Å². The average molecular weight is 331 g/mol. The Labute approximate surface area is 138 Å². The summed E-state index contributed by atoms with van der Waals surface area (Å²) in [7, 11) is 0. The van der Waals surface area contributed by atoms with Crippen LogP contribution in [0.15, 0.2) is 47.3 Å². The van der Waals surface area contributed by atoms with E-state index in [-0.39, 0.29) is 5.82 Å². The highest BCUT2D eigenvalue weighted by atomic mass is 32.1. The van der Waals surface area contributed by atoms with E-state index in [1.54, 1.807) is 42.7 Å². The van der Waals surface area contributed by atoms with E-state index in [9.17, 15) is 9.50 Å². The van der Waals surface area contributed by atoms with Gasteiger partial charge in [-0.2, -0.15) is 16.4 Å². The fraction of sp³-hybridized carbons (Fsp3) is 0.235. The van der Waals surface area contributed by atoms with Gasteiger partial charge in [-0.15, -0.1) is 0 Å². The third kappa shape index (κ3) is 3.50. The first-order chi connectivity index (χ1) is 11.1. The number of aromatic nitrogens is 2. The first kappa shape index (κ1) is 15.9. The van der Waals surface area contributed by atoms with E-state index in [0.717, 1.165) is 11.1 Å². The maximum absolute atomic E-state index is 13.9. The monoisotopic (exact) mass is 331 g/mol. The molecule has 3 rings (SSSR count). The van der Waals surface area contributed by atoms with E-state index >= 15 is 0 Å². The van der Waals surface area contributed by atoms with Crippen LogP contribution in [0.25, 0.3) is 11.3 Å². The molecule has 6 heteroatoms. The third-order valence-corrected chi connectivity index (χ3v) is 4.47. The molecule has 2 heterocycles. The largest absolute Gasteiger partial charge is 0.384 e. The van der Waals surface area contributed by atoms with Crippen molar-refractivity contribution >= 4 is 11.3 Å². The van der Waals surface area contributed by atoms with Crippen molar-refractivity contribution in [2.45, 2.75) is 19.1 Å². The molecule has 0 fully saturated rings. The molecule has 0 bridgehead atoms. The molecule has 1 unspecified atom stereocenters.